The van der Waals surface area contributed by atoms with Gasteiger partial charge >= 0.3 is 0 Å². The molecule has 0 radical (unpaired) electrons. The normalized spacial score (nSPS) is 13.4. The Hall–Kier alpha value is -3.06. The molecule has 3 heterocycles. The summed E-state index contributed by atoms with van der Waals surface area (Å²) >= 11 is 1.42. The van der Waals surface area contributed by atoms with Crippen LogP contribution < -0.4 is 5.32 Å². The molecule has 1 amide bonds. The number of carbonyl (C=O) groups is 1. The Morgan fingerprint density at radius 3 is 2.79 bits per heavy atom. The molecule has 6 nitrogen and oxygen atoms in total. The maximum atomic E-state index is 12.5. The third-order valence-corrected chi connectivity index (χ3v) is 6.34. The first-order chi connectivity index (χ1) is 14.3. The van der Waals surface area contributed by atoms with Crippen molar-refractivity contribution in [2.45, 2.75) is 32.2 Å². The molecule has 0 fully saturated rings. The number of hydrogen-bond acceptors (Lipinski definition) is 5. The zero-order chi connectivity index (χ0) is 19.6. The molecule has 0 saturated carbocycles. The van der Waals surface area contributed by atoms with Crippen molar-refractivity contribution >= 4 is 27.5 Å². The minimum Gasteiger partial charge on any atom is -0.348 e. The summed E-state index contributed by atoms with van der Waals surface area (Å²) in [6.07, 6.45) is 8.10. The van der Waals surface area contributed by atoms with Crippen LogP contribution >= 0.6 is 11.3 Å². The van der Waals surface area contributed by atoms with E-state index in [1.54, 1.807) is 0 Å². The molecule has 0 bridgehead atoms. The number of hydrogen-bond donors (Lipinski definition) is 1. The number of para-hydroxylation sites is 1. The van der Waals surface area contributed by atoms with Gasteiger partial charge in [0.25, 0.3) is 5.91 Å². The lowest BCUT2D eigenvalue weighted by Crippen LogP contribution is -2.28. The van der Waals surface area contributed by atoms with Crippen molar-refractivity contribution in [2.75, 3.05) is 6.54 Å². The SMILES string of the molecule is O=C(NCCn1nc(-c2ccncc2)c2c1CCCC2)c1nc2ccccc2s1. The van der Waals surface area contributed by atoms with Crippen molar-refractivity contribution in [3.8, 4) is 11.3 Å². The van der Waals surface area contributed by atoms with Gasteiger partial charge in [0, 0.05) is 35.8 Å². The summed E-state index contributed by atoms with van der Waals surface area (Å²) < 4.78 is 3.10. The van der Waals surface area contributed by atoms with Crippen molar-refractivity contribution < 1.29 is 4.79 Å². The lowest BCUT2D eigenvalue weighted by Gasteiger charge is -2.14. The first-order valence-corrected chi connectivity index (χ1v) is 10.7. The first-order valence-electron chi connectivity index (χ1n) is 9.92. The summed E-state index contributed by atoms with van der Waals surface area (Å²) in [6.45, 7) is 1.18. The van der Waals surface area contributed by atoms with Crippen molar-refractivity contribution in [1.82, 2.24) is 25.1 Å². The molecule has 0 atom stereocenters. The fourth-order valence-electron chi connectivity index (χ4n) is 3.92. The van der Waals surface area contributed by atoms with Crippen LogP contribution in [0.2, 0.25) is 0 Å². The largest absolute Gasteiger partial charge is 0.348 e. The molecule has 7 heteroatoms. The highest BCUT2D eigenvalue weighted by molar-refractivity contribution is 7.20. The molecule has 1 aliphatic carbocycles. The molecule has 0 unspecified atom stereocenters. The number of nitrogens with one attached hydrogen (secondary N) is 1. The lowest BCUT2D eigenvalue weighted by molar-refractivity contribution is 0.0951. The van der Waals surface area contributed by atoms with Gasteiger partial charge < -0.3 is 5.32 Å². The van der Waals surface area contributed by atoms with E-state index in [1.165, 1.54) is 35.4 Å². The monoisotopic (exact) mass is 403 g/mol. The van der Waals surface area contributed by atoms with Gasteiger partial charge in [0.2, 0.25) is 0 Å². The van der Waals surface area contributed by atoms with E-state index in [1.807, 2.05) is 48.8 Å². The summed E-state index contributed by atoms with van der Waals surface area (Å²) in [7, 11) is 0. The predicted octanol–water partition coefficient (Wildman–Crippen LogP) is 3.86. The van der Waals surface area contributed by atoms with Crippen molar-refractivity contribution in [3.63, 3.8) is 0 Å². The third kappa shape index (κ3) is 3.53. The average molecular weight is 404 g/mol. The van der Waals surface area contributed by atoms with Gasteiger partial charge in [-0.15, -0.1) is 11.3 Å². The standard InChI is InChI=1S/C22H21N5OS/c28-21(22-25-17-6-2-4-8-19(17)29-22)24-13-14-27-18-7-3-1-5-16(18)20(26-27)15-9-11-23-12-10-15/h2,4,6,8-12H,1,3,5,7,13-14H2,(H,24,28). The molecule has 146 valence electrons. The Morgan fingerprint density at radius 1 is 1.10 bits per heavy atom. The number of pyridine rings is 1. The highest BCUT2D eigenvalue weighted by Gasteiger charge is 2.21. The van der Waals surface area contributed by atoms with Crippen LogP contribution in [0.25, 0.3) is 21.5 Å². The van der Waals surface area contributed by atoms with Gasteiger partial charge in [-0.05, 0) is 49.9 Å². The molecule has 1 N–H and O–H groups in total. The first kappa shape index (κ1) is 18.0. The summed E-state index contributed by atoms with van der Waals surface area (Å²) in [5.74, 6) is -0.124. The number of thiazole rings is 1. The van der Waals surface area contributed by atoms with Crippen LogP contribution in [0.15, 0.2) is 48.8 Å². The van der Waals surface area contributed by atoms with Gasteiger partial charge in [-0.3, -0.25) is 14.5 Å². The Labute approximate surface area is 172 Å². The molecular formula is C22H21N5OS. The number of carbonyl (C=O) groups excluding carboxylic acids is 1. The number of benzene rings is 1. The van der Waals surface area contributed by atoms with Crippen LogP contribution in [0.4, 0.5) is 0 Å². The second kappa shape index (κ2) is 7.75. The fourth-order valence-corrected chi connectivity index (χ4v) is 4.80. The van der Waals surface area contributed by atoms with Crippen LogP contribution in [0, 0.1) is 0 Å². The summed E-state index contributed by atoms with van der Waals surface area (Å²) in [5.41, 5.74) is 5.68. The smallest absolute Gasteiger partial charge is 0.280 e. The Balaban J connectivity index is 1.32. The van der Waals surface area contributed by atoms with E-state index in [-0.39, 0.29) is 5.91 Å². The minimum atomic E-state index is -0.124. The quantitative estimate of drug-likeness (QED) is 0.549. The minimum absolute atomic E-state index is 0.124. The second-order valence-corrected chi connectivity index (χ2v) is 8.21. The van der Waals surface area contributed by atoms with Crippen LogP contribution in [0.5, 0.6) is 0 Å². The van der Waals surface area contributed by atoms with Gasteiger partial charge in [0.1, 0.15) is 0 Å². The van der Waals surface area contributed by atoms with Crippen LogP contribution in [0.1, 0.15) is 33.9 Å². The van der Waals surface area contributed by atoms with Gasteiger partial charge in [0.15, 0.2) is 5.01 Å². The molecule has 0 spiro atoms. The van der Waals surface area contributed by atoms with Gasteiger partial charge in [-0.1, -0.05) is 12.1 Å². The molecule has 0 aliphatic heterocycles. The molecular weight excluding hydrogens is 382 g/mol. The predicted molar refractivity (Wildman–Crippen MR) is 114 cm³/mol. The molecule has 4 aromatic rings. The van der Waals surface area contributed by atoms with Gasteiger partial charge in [-0.2, -0.15) is 5.10 Å². The highest BCUT2D eigenvalue weighted by Crippen LogP contribution is 2.31. The molecule has 1 aliphatic rings. The molecule has 0 saturated heterocycles. The molecule has 3 aromatic heterocycles. The van der Waals surface area contributed by atoms with Crippen molar-refractivity contribution in [1.29, 1.82) is 0 Å². The molecule has 5 rings (SSSR count). The van der Waals surface area contributed by atoms with Crippen LogP contribution in [0.3, 0.4) is 0 Å². The zero-order valence-electron chi connectivity index (χ0n) is 16.0. The maximum Gasteiger partial charge on any atom is 0.280 e. The maximum absolute atomic E-state index is 12.5. The van der Waals surface area contributed by atoms with E-state index in [0.29, 0.717) is 18.1 Å². The van der Waals surface area contributed by atoms with Gasteiger partial charge in [-0.25, -0.2) is 4.98 Å². The topological polar surface area (TPSA) is 72.7 Å². The van der Waals surface area contributed by atoms with E-state index in [4.69, 9.17) is 5.10 Å². The summed E-state index contributed by atoms with van der Waals surface area (Å²) in [6, 6.07) is 11.8. The Bertz CT molecular complexity index is 1130. The molecule has 29 heavy (non-hydrogen) atoms. The van der Waals surface area contributed by atoms with E-state index in [2.05, 4.69) is 20.0 Å². The number of nitrogens with zero attached hydrogens (tertiary/aromatic N) is 4. The van der Waals surface area contributed by atoms with Crippen molar-refractivity contribution in [2.24, 2.45) is 0 Å². The van der Waals surface area contributed by atoms with E-state index < -0.39 is 0 Å². The second-order valence-electron chi connectivity index (χ2n) is 7.18. The van der Waals surface area contributed by atoms with Crippen LogP contribution in [-0.4, -0.2) is 32.2 Å². The number of amides is 1. The highest BCUT2D eigenvalue weighted by atomic mass is 32.1. The van der Waals surface area contributed by atoms with Crippen molar-refractivity contribution in [3.05, 3.63) is 65.1 Å². The van der Waals surface area contributed by atoms with E-state index in [9.17, 15) is 4.79 Å². The average Bonchev–Trinajstić information content (AvgIpc) is 3.36. The van der Waals surface area contributed by atoms with E-state index >= 15 is 0 Å². The zero-order valence-corrected chi connectivity index (χ0v) is 16.8. The number of fused-ring (bicyclic) bond motifs is 2. The summed E-state index contributed by atoms with van der Waals surface area (Å²) in [5, 5.41) is 8.40. The Kier molecular flexibility index (Phi) is 4.81. The lowest BCUT2D eigenvalue weighted by atomic mass is 9.94. The van der Waals surface area contributed by atoms with E-state index in [0.717, 1.165) is 34.3 Å². The van der Waals surface area contributed by atoms with Gasteiger partial charge in [0.05, 0.1) is 22.5 Å². The summed E-state index contributed by atoms with van der Waals surface area (Å²) in [4.78, 5) is 21.1. The fraction of sp³-hybridized carbons (Fsp3) is 0.273. The Morgan fingerprint density at radius 2 is 1.93 bits per heavy atom. The number of rotatable bonds is 5. The third-order valence-electron chi connectivity index (χ3n) is 5.31. The van der Waals surface area contributed by atoms with Crippen LogP contribution in [-0.2, 0) is 19.4 Å². The molecule has 1 aromatic carbocycles. The number of aromatic nitrogens is 4.